The van der Waals surface area contributed by atoms with Crippen molar-refractivity contribution in [3.63, 3.8) is 0 Å². The summed E-state index contributed by atoms with van der Waals surface area (Å²) in [4.78, 5) is 13.2. The Kier molecular flexibility index (Phi) is 8.14. The summed E-state index contributed by atoms with van der Waals surface area (Å²) in [7, 11) is 4.57. The van der Waals surface area contributed by atoms with Gasteiger partial charge in [-0.15, -0.1) is 0 Å². The number of carbonyl (C=O) groups is 1. The molecule has 3 aromatic carbocycles. The van der Waals surface area contributed by atoms with Gasteiger partial charge in [0.2, 0.25) is 0 Å². The molecular weight excluding hydrogens is 366 g/mol. The molecule has 4 nitrogen and oxygen atoms in total. The maximum Gasteiger partial charge on any atom is 1.00 e. The van der Waals surface area contributed by atoms with Crippen molar-refractivity contribution in [1.82, 2.24) is 0 Å². The minimum absolute atomic E-state index is 0. The third kappa shape index (κ3) is 4.78. The summed E-state index contributed by atoms with van der Waals surface area (Å²) in [5, 5.41) is 0.980. The van der Waals surface area contributed by atoms with Crippen LogP contribution in [0.15, 0.2) is 66.7 Å². The zero-order valence-electron chi connectivity index (χ0n) is 16.5. The molecule has 0 amide bonds. The first kappa shape index (κ1) is 22.1. The Hall–Kier alpha value is -2.24. The number of hydrogen-bond donors (Lipinski definition) is 0. The van der Waals surface area contributed by atoms with Crippen molar-refractivity contribution in [2.45, 2.75) is 0 Å². The minimum atomic E-state index is -0.0634. The fourth-order valence-corrected chi connectivity index (χ4v) is 4.03. The van der Waals surface area contributed by atoms with Gasteiger partial charge in [-0.25, -0.2) is 0 Å². The molecule has 0 saturated carbocycles. The average molecular weight is 387 g/mol. The molecule has 0 bridgehead atoms. The molecule has 138 valence electrons. The maximum absolute atomic E-state index is 13.2. The first-order valence-corrected chi connectivity index (χ1v) is 9.43. The molecule has 0 N–H and O–H groups in total. The second-order valence-corrected chi connectivity index (χ2v) is 7.02. The normalized spacial score (nSPS) is 10.4. The Morgan fingerprint density at radius 2 is 1.36 bits per heavy atom. The van der Waals surface area contributed by atoms with Crippen molar-refractivity contribution in [2.24, 2.45) is 0 Å². The van der Waals surface area contributed by atoms with Crippen LogP contribution < -0.4 is 38.4 Å². The van der Waals surface area contributed by atoms with Gasteiger partial charge in [0.25, 0.3) is 0 Å². The van der Waals surface area contributed by atoms with Gasteiger partial charge in [-0.05, 0) is 25.0 Å². The molecule has 1 atom stereocenters. The number of carbonyl (C=O) groups excluding carboxylic acids is 1. The molecule has 1 unspecified atom stereocenters. The van der Waals surface area contributed by atoms with Crippen LogP contribution in [-0.2, 0) is 0 Å². The molecule has 0 radical (unpaired) electrons. The van der Waals surface area contributed by atoms with Crippen LogP contribution in [0.4, 0.5) is 0 Å². The van der Waals surface area contributed by atoms with E-state index in [1.807, 2.05) is 54.6 Å². The summed E-state index contributed by atoms with van der Waals surface area (Å²) in [5.41, 5.74) is 2.52. The third-order valence-corrected chi connectivity index (χ3v) is 5.38. The molecule has 0 aromatic heterocycles. The molecule has 0 aliphatic heterocycles. The van der Waals surface area contributed by atoms with E-state index in [-0.39, 0.29) is 33.0 Å². The fourth-order valence-electron chi connectivity index (χ4n) is 2.88. The van der Waals surface area contributed by atoms with E-state index in [0.29, 0.717) is 22.8 Å². The van der Waals surface area contributed by atoms with Gasteiger partial charge in [-0.3, -0.25) is 4.79 Å². The molecule has 28 heavy (non-hydrogen) atoms. The van der Waals surface area contributed by atoms with Crippen molar-refractivity contribution in [1.29, 1.82) is 0 Å². The monoisotopic (exact) mass is 387 g/mol. The van der Waals surface area contributed by atoms with Gasteiger partial charge in [-0.2, -0.15) is 0 Å². The Labute approximate surface area is 179 Å². The van der Waals surface area contributed by atoms with Gasteiger partial charge in [-0.1, -0.05) is 54.6 Å². The van der Waals surface area contributed by atoms with Crippen molar-refractivity contribution in [3.8, 4) is 28.4 Å². The Morgan fingerprint density at radius 1 is 0.786 bits per heavy atom. The van der Waals surface area contributed by atoms with Gasteiger partial charge >= 0.3 is 18.9 Å². The van der Waals surface area contributed by atoms with Crippen LogP contribution in [0.1, 0.15) is 10.4 Å². The van der Waals surface area contributed by atoms with E-state index < -0.39 is 0 Å². The summed E-state index contributed by atoms with van der Waals surface area (Å²) < 4.78 is 16.1. The van der Waals surface area contributed by atoms with Gasteiger partial charge < -0.3 is 14.2 Å². The molecule has 0 saturated heterocycles. The van der Waals surface area contributed by atoms with E-state index in [1.54, 1.807) is 19.2 Å². The minimum Gasteiger partial charge on any atom is -0.496 e. The first-order chi connectivity index (χ1) is 13.2. The largest absolute Gasteiger partial charge is 1.00 e. The van der Waals surface area contributed by atoms with Crippen molar-refractivity contribution in [2.75, 3.05) is 21.3 Å². The van der Waals surface area contributed by atoms with E-state index in [2.05, 4.69) is 0 Å². The standard InChI is InChI=1S/C22H21O4P.Li/c1-24-16-13-18(25-2)21(19(14-16)26-3)22(23)27-20-12-8-7-11-17(20)15-9-5-4-6-10-15;/h4-14,27H,1-3H3;/q;+1. The first-order valence-electron chi connectivity index (χ1n) is 8.43. The average Bonchev–Trinajstić information content (AvgIpc) is 2.73. The number of ether oxygens (including phenoxy) is 3. The quantitative estimate of drug-likeness (QED) is 0.456. The molecule has 0 fully saturated rings. The molecule has 0 aliphatic rings. The second-order valence-electron chi connectivity index (χ2n) is 5.77. The van der Waals surface area contributed by atoms with Gasteiger partial charge in [0, 0.05) is 12.1 Å². The molecule has 3 rings (SSSR count). The van der Waals surface area contributed by atoms with Crippen molar-refractivity contribution in [3.05, 3.63) is 72.3 Å². The van der Waals surface area contributed by atoms with Crippen LogP contribution in [0.2, 0.25) is 0 Å². The summed E-state index contributed by atoms with van der Waals surface area (Å²) in [6.45, 7) is 0. The number of benzene rings is 3. The van der Waals surface area contributed by atoms with E-state index in [9.17, 15) is 4.79 Å². The topological polar surface area (TPSA) is 44.8 Å². The van der Waals surface area contributed by atoms with E-state index in [0.717, 1.165) is 16.4 Å². The van der Waals surface area contributed by atoms with Crippen molar-refractivity contribution >= 4 is 19.4 Å². The molecular formula is C22H21LiO4P+. The van der Waals surface area contributed by atoms with E-state index in [4.69, 9.17) is 14.2 Å². The predicted molar refractivity (Wildman–Crippen MR) is 110 cm³/mol. The SMILES string of the molecule is COc1cc(OC)c(C(=O)Pc2ccccc2-c2ccccc2)c(OC)c1.[Li+]. The number of rotatable bonds is 7. The van der Waals surface area contributed by atoms with Crippen LogP contribution in [-0.4, -0.2) is 26.9 Å². The van der Waals surface area contributed by atoms with Gasteiger partial charge in [0.05, 0.1) is 21.3 Å². The fraction of sp³-hybridized carbons (Fsp3) is 0.136. The molecule has 0 spiro atoms. The Balaban J connectivity index is 0.00000280. The maximum atomic E-state index is 13.2. The summed E-state index contributed by atoms with van der Waals surface area (Å²) >= 11 is 0. The zero-order valence-corrected chi connectivity index (χ0v) is 17.5. The summed E-state index contributed by atoms with van der Waals surface area (Å²) in [6, 6.07) is 21.4. The molecule has 0 heterocycles. The van der Waals surface area contributed by atoms with Crippen molar-refractivity contribution < 1.29 is 37.9 Å². The Bertz CT molecular complexity index is 919. The molecule has 6 heteroatoms. The van der Waals surface area contributed by atoms with E-state index >= 15 is 0 Å². The zero-order chi connectivity index (χ0) is 19.2. The van der Waals surface area contributed by atoms with Crippen LogP contribution >= 0.6 is 8.58 Å². The van der Waals surface area contributed by atoms with Crippen LogP contribution in [0.5, 0.6) is 17.2 Å². The van der Waals surface area contributed by atoms with Crippen LogP contribution in [0, 0.1) is 0 Å². The van der Waals surface area contributed by atoms with Gasteiger partial charge in [0.1, 0.15) is 22.8 Å². The van der Waals surface area contributed by atoms with Crippen LogP contribution in [0.25, 0.3) is 11.1 Å². The molecule has 0 aliphatic carbocycles. The summed E-state index contributed by atoms with van der Waals surface area (Å²) in [6.07, 6.45) is 0. The van der Waals surface area contributed by atoms with Gasteiger partial charge in [0.15, 0.2) is 5.52 Å². The molecule has 3 aromatic rings. The third-order valence-electron chi connectivity index (χ3n) is 4.20. The van der Waals surface area contributed by atoms with E-state index in [1.165, 1.54) is 14.2 Å². The second kappa shape index (κ2) is 10.3. The number of methoxy groups -OCH3 is 3. The summed E-state index contributed by atoms with van der Waals surface area (Å²) in [5.74, 6) is 1.47. The van der Waals surface area contributed by atoms with Crippen LogP contribution in [0.3, 0.4) is 0 Å². The smallest absolute Gasteiger partial charge is 0.496 e. The number of hydrogen-bond acceptors (Lipinski definition) is 4. The Morgan fingerprint density at radius 3 is 1.93 bits per heavy atom. The predicted octanol–water partition coefficient (Wildman–Crippen LogP) is 1.53.